The van der Waals surface area contributed by atoms with E-state index in [1.807, 2.05) is 44.2 Å². The molecule has 0 aliphatic heterocycles. The maximum Gasteiger partial charge on any atom is 0.274 e. The van der Waals surface area contributed by atoms with Crippen LogP contribution in [-0.4, -0.2) is 81.1 Å². The number of aromatic nitrogens is 1. The number of rotatable bonds is 18. The summed E-state index contributed by atoms with van der Waals surface area (Å²) in [5, 5.41) is 5.38. The van der Waals surface area contributed by atoms with E-state index in [9.17, 15) is 26.4 Å². The van der Waals surface area contributed by atoms with Gasteiger partial charge in [0, 0.05) is 49.5 Å². The van der Waals surface area contributed by atoms with Gasteiger partial charge < -0.3 is 15.4 Å². The van der Waals surface area contributed by atoms with Gasteiger partial charge in [-0.1, -0.05) is 35.9 Å². The molecule has 0 saturated heterocycles. The van der Waals surface area contributed by atoms with Gasteiger partial charge in [0.2, 0.25) is 21.8 Å². The van der Waals surface area contributed by atoms with Crippen molar-refractivity contribution >= 4 is 43.6 Å². The molecule has 256 valence electrons. The quantitative estimate of drug-likeness (QED) is 0.130. The number of halogens is 1. The zero-order valence-corrected chi connectivity index (χ0v) is 29.0. The van der Waals surface area contributed by atoms with Gasteiger partial charge in [-0.25, -0.2) is 8.42 Å². The smallest absolute Gasteiger partial charge is 0.274 e. The number of aryl methyl sites for hydroxylation is 1. The summed E-state index contributed by atoms with van der Waals surface area (Å²) in [5.41, 5.74) is 4.25. The molecule has 0 aliphatic carbocycles. The predicted molar refractivity (Wildman–Crippen MR) is 180 cm³/mol. The Morgan fingerprint density at radius 3 is 2.34 bits per heavy atom. The molecule has 2 aromatic carbocycles. The summed E-state index contributed by atoms with van der Waals surface area (Å²) in [4.78, 5) is 28.0. The molecule has 0 spiro atoms. The van der Waals surface area contributed by atoms with E-state index in [0.29, 0.717) is 23.4 Å². The molecule has 1 atom stereocenters. The fourth-order valence-corrected chi connectivity index (χ4v) is 7.50. The van der Waals surface area contributed by atoms with Crippen molar-refractivity contribution in [3.05, 3.63) is 82.6 Å². The summed E-state index contributed by atoms with van der Waals surface area (Å²) < 4.78 is 65.0. The molecule has 3 aromatic rings. The highest BCUT2D eigenvalue weighted by Gasteiger charge is 2.31. The molecule has 1 heterocycles. The zero-order valence-electron chi connectivity index (χ0n) is 26.6. The lowest BCUT2D eigenvalue weighted by atomic mass is 9.98. The van der Waals surface area contributed by atoms with Crippen LogP contribution in [0, 0.1) is 13.8 Å². The van der Waals surface area contributed by atoms with Crippen LogP contribution in [0.2, 0.25) is 5.02 Å². The lowest BCUT2D eigenvalue weighted by Crippen LogP contribution is -2.35. The van der Waals surface area contributed by atoms with Gasteiger partial charge >= 0.3 is 0 Å². The monoisotopic (exact) mass is 708 g/mol. The second-order valence-electron chi connectivity index (χ2n) is 11.0. The number of hydrogen-bond donors (Lipinski definition) is 3. The first kappa shape index (κ1) is 38.1. The second kappa shape index (κ2) is 17.7. The van der Waals surface area contributed by atoms with Crippen LogP contribution in [0.4, 0.5) is 0 Å². The number of nitrogens with zero attached hydrogens (tertiary/aromatic N) is 2. The minimum Gasteiger partial charge on any atom is -0.378 e. The van der Waals surface area contributed by atoms with Crippen molar-refractivity contribution < 1.29 is 35.7 Å². The Balaban J connectivity index is 1.60. The maximum absolute atomic E-state index is 14.1. The number of amides is 2. The molecule has 3 N–H and O–H groups in total. The Morgan fingerprint density at radius 2 is 1.66 bits per heavy atom. The number of pyridine rings is 1. The molecule has 1 aromatic heterocycles. The van der Waals surface area contributed by atoms with Crippen molar-refractivity contribution in [2.24, 2.45) is 0 Å². The largest absolute Gasteiger partial charge is 0.378 e. The molecule has 0 unspecified atom stereocenters. The lowest BCUT2D eigenvalue weighted by Gasteiger charge is -2.30. The van der Waals surface area contributed by atoms with Crippen LogP contribution in [0.5, 0.6) is 0 Å². The first-order valence-corrected chi connectivity index (χ1v) is 18.5. The number of unbranched alkanes of at least 4 members (excludes halogenated alkanes) is 1. The maximum atomic E-state index is 14.1. The molecular weight excluding hydrogens is 668 g/mol. The molecule has 47 heavy (non-hydrogen) atoms. The Kier molecular flexibility index (Phi) is 14.3. The molecule has 0 aliphatic rings. The molecule has 0 radical (unpaired) electrons. The topological polar surface area (TPSA) is 172 Å². The van der Waals surface area contributed by atoms with Gasteiger partial charge in [-0.2, -0.15) is 12.7 Å². The van der Waals surface area contributed by atoms with E-state index < -0.39 is 37.8 Å². The summed E-state index contributed by atoms with van der Waals surface area (Å²) in [7, 11) is -8.37. The van der Waals surface area contributed by atoms with Gasteiger partial charge in [0.05, 0.1) is 18.1 Å². The fraction of sp³-hybridized carbons (Fsp3) is 0.406. The number of nitrogens with one attached hydrogen (secondary N) is 2. The third-order valence-electron chi connectivity index (χ3n) is 7.42. The van der Waals surface area contributed by atoms with E-state index in [4.69, 9.17) is 20.9 Å². The third-order valence-corrected chi connectivity index (χ3v) is 10.6. The summed E-state index contributed by atoms with van der Waals surface area (Å²) in [5.74, 6) is -2.09. The van der Waals surface area contributed by atoms with Crippen molar-refractivity contribution in [3.8, 4) is 11.1 Å². The normalized spacial score (nSPS) is 12.6. The van der Waals surface area contributed by atoms with Gasteiger partial charge in [-0.3, -0.25) is 19.1 Å². The van der Waals surface area contributed by atoms with E-state index in [2.05, 4.69) is 15.6 Å². The Bertz CT molecular complexity index is 1750. The Hall–Kier alpha value is -3.40. The third kappa shape index (κ3) is 11.7. The van der Waals surface area contributed by atoms with Gasteiger partial charge in [0.15, 0.2) is 5.75 Å². The number of sulfonamides is 1. The summed E-state index contributed by atoms with van der Waals surface area (Å²) in [6, 6.07) is 14.0. The number of hydrogen-bond acceptors (Lipinski definition) is 8. The highest BCUT2D eigenvalue weighted by Crippen LogP contribution is 2.33. The molecule has 3 rings (SSSR count). The standard InChI is InChI=1S/C32H41ClN4O8S2/c1-23-21-34-14-13-28(23)27-9-6-8-26(20-27)25(3)37(47(43,44)30-11-7-10-29(33)24(30)2)17-5-4-12-31(38)35-15-18-45-19-16-36-32(39)22-46(40,41)42/h6-11,13-14,20-21,25H,4-5,12,15-19,22H2,1-3H3,(H,35,38)(H,36,39)(H,40,41,42)/t25-/m0/s1. The van der Waals surface area contributed by atoms with Crippen molar-refractivity contribution in [1.82, 2.24) is 19.9 Å². The van der Waals surface area contributed by atoms with Gasteiger partial charge in [-0.15, -0.1) is 0 Å². The molecule has 0 bridgehead atoms. The average Bonchev–Trinajstić information content (AvgIpc) is 3.00. The van der Waals surface area contributed by atoms with Gasteiger partial charge in [0.25, 0.3) is 10.1 Å². The van der Waals surface area contributed by atoms with Crippen LogP contribution < -0.4 is 10.6 Å². The summed E-state index contributed by atoms with van der Waals surface area (Å²) in [6.45, 7) is 6.20. The average molecular weight is 709 g/mol. The van der Waals surface area contributed by atoms with E-state index in [1.54, 1.807) is 37.5 Å². The summed E-state index contributed by atoms with van der Waals surface area (Å²) >= 11 is 6.31. The van der Waals surface area contributed by atoms with Crippen LogP contribution >= 0.6 is 11.6 Å². The van der Waals surface area contributed by atoms with Crippen molar-refractivity contribution in [3.63, 3.8) is 0 Å². The first-order valence-electron chi connectivity index (χ1n) is 15.0. The van der Waals surface area contributed by atoms with Crippen LogP contribution in [0.15, 0.2) is 65.8 Å². The van der Waals surface area contributed by atoms with Crippen LogP contribution in [-0.2, 0) is 34.5 Å². The molecular formula is C32H41ClN4O8S2. The fourth-order valence-electron chi connectivity index (χ4n) is 4.93. The van der Waals surface area contributed by atoms with Gasteiger partial charge in [-0.05, 0) is 85.7 Å². The molecule has 0 fully saturated rings. The van der Waals surface area contributed by atoms with Crippen LogP contribution in [0.3, 0.4) is 0 Å². The van der Waals surface area contributed by atoms with Crippen LogP contribution in [0.1, 0.15) is 48.9 Å². The second-order valence-corrected chi connectivity index (χ2v) is 14.7. The zero-order chi connectivity index (χ0) is 34.6. The van der Waals surface area contributed by atoms with E-state index in [0.717, 1.165) is 22.3 Å². The Morgan fingerprint density at radius 1 is 0.979 bits per heavy atom. The van der Waals surface area contributed by atoms with Gasteiger partial charge in [0.1, 0.15) is 0 Å². The van der Waals surface area contributed by atoms with E-state index in [-0.39, 0.29) is 50.1 Å². The number of carbonyl (C=O) groups is 2. The van der Waals surface area contributed by atoms with E-state index >= 15 is 0 Å². The lowest BCUT2D eigenvalue weighted by molar-refractivity contribution is -0.121. The minimum absolute atomic E-state index is 0.0442. The number of ether oxygens (including phenoxy) is 1. The number of benzene rings is 2. The Labute approximate surface area is 281 Å². The molecule has 0 saturated carbocycles. The highest BCUT2D eigenvalue weighted by molar-refractivity contribution is 7.89. The van der Waals surface area contributed by atoms with Crippen LogP contribution in [0.25, 0.3) is 11.1 Å². The predicted octanol–water partition coefficient (Wildman–Crippen LogP) is 4.08. The molecule has 12 nitrogen and oxygen atoms in total. The molecule has 15 heteroatoms. The summed E-state index contributed by atoms with van der Waals surface area (Å²) in [6.07, 6.45) is 4.56. The minimum atomic E-state index is -4.39. The van der Waals surface area contributed by atoms with Crippen molar-refractivity contribution in [2.45, 2.75) is 51.0 Å². The van der Waals surface area contributed by atoms with Crippen molar-refractivity contribution in [1.29, 1.82) is 0 Å². The molecule has 2 amide bonds. The van der Waals surface area contributed by atoms with E-state index in [1.165, 1.54) is 4.31 Å². The highest BCUT2D eigenvalue weighted by atomic mass is 35.5. The number of carbonyl (C=O) groups excluding carboxylic acids is 2. The SMILES string of the molecule is Cc1cnccc1-c1cccc([C@H](C)N(CCCCC(=O)NCCOCCNC(=O)CS(=O)(=O)O)S(=O)(=O)c2cccc(Cl)c2C)c1. The van der Waals surface area contributed by atoms with Crippen molar-refractivity contribution in [2.75, 3.05) is 38.6 Å². The first-order chi connectivity index (χ1) is 22.2.